The van der Waals surface area contributed by atoms with Gasteiger partial charge in [0.05, 0.1) is 23.4 Å². The maximum atomic E-state index is 12.4. The average Bonchev–Trinajstić information content (AvgIpc) is 3.66. The van der Waals surface area contributed by atoms with Crippen molar-refractivity contribution < 1.29 is 26.1 Å². The van der Waals surface area contributed by atoms with Crippen molar-refractivity contribution in [2.45, 2.75) is 40.5 Å². The summed E-state index contributed by atoms with van der Waals surface area (Å²) in [6.45, 7) is 10.9. The van der Waals surface area contributed by atoms with Gasteiger partial charge in [0.2, 0.25) is 0 Å². The van der Waals surface area contributed by atoms with Gasteiger partial charge in [0.15, 0.2) is 0 Å². The second kappa shape index (κ2) is 17.4. The van der Waals surface area contributed by atoms with Crippen molar-refractivity contribution in [3.8, 4) is 0 Å². The Morgan fingerprint density at radius 2 is 1.15 bits per heavy atom. The van der Waals surface area contributed by atoms with Crippen molar-refractivity contribution in [1.29, 1.82) is 0 Å². The van der Waals surface area contributed by atoms with Crippen LogP contribution in [-0.2, 0) is 32.9 Å². The van der Waals surface area contributed by atoms with E-state index in [1.165, 1.54) is 22.7 Å². The number of hydrogen-bond donors (Lipinski definition) is 0. The van der Waals surface area contributed by atoms with E-state index >= 15 is 0 Å². The molecule has 4 aromatic rings. The highest BCUT2D eigenvalue weighted by atomic mass is 32.3. The van der Waals surface area contributed by atoms with Crippen LogP contribution in [0, 0.1) is 13.8 Å². The molecule has 252 valence electrons. The number of rotatable bonds is 18. The van der Waals surface area contributed by atoms with Crippen LogP contribution in [0.2, 0.25) is 0 Å². The van der Waals surface area contributed by atoms with Crippen molar-refractivity contribution >= 4 is 66.1 Å². The molecule has 2 aromatic carbocycles. The Kier molecular flexibility index (Phi) is 13.4. The molecule has 0 aliphatic heterocycles. The Labute approximate surface area is 284 Å². The van der Waals surface area contributed by atoms with Crippen molar-refractivity contribution in [3.05, 3.63) is 58.5 Å². The Hall–Kier alpha value is -3.77. The average molecular weight is 703 g/mol. The molecule has 17 heteroatoms. The first-order valence-corrected chi connectivity index (χ1v) is 18.4. The van der Waals surface area contributed by atoms with E-state index in [-0.39, 0.29) is 13.2 Å². The van der Waals surface area contributed by atoms with Gasteiger partial charge in [-0.1, -0.05) is 10.2 Å². The van der Waals surface area contributed by atoms with Gasteiger partial charge >= 0.3 is 20.7 Å². The summed E-state index contributed by atoms with van der Waals surface area (Å²) in [6.07, 6.45) is 1.03. The van der Waals surface area contributed by atoms with Crippen molar-refractivity contribution in [1.82, 2.24) is 10.2 Å². The SMILES string of the molecule is CCN(CCCOS(=O)(=O)OCCCN(CC)c1ccc(/N=N/c2scn[n+]2C)c(C)c1)c1ccc(/N=N/c2scn[n+]2C)c(C)c1. The number of aryl methyl sites for hydroxylation is 4. The summed E-state index contributed by atoms with van der Waals surface area (Å²) in [7, 11) is -0.444. The van der Waals surface area contributed by atoms with Crippen molar-refractivity contribution in [2.75, 3.05) is 49.2 Å². The fraction of sp³-hybridized carbons (Fsp3) is 0.467. The number of aromatic nitrogens is 4. The fourth-order valence-corrected chi connectivity index (χ4v) is 6.46. The number of anilines is 2. The summed E-state index contributed by atoms with van der Waals surface area (Å²) >= 11 is 2.84. The van der Waals surface area contributed by atoms with Crippen LogP contribution in [0.3, 0.4) is 0 Å². The largest absolute Gasteiger partial charge is 0.429 e. The van der Waals surface area contributed by atoms with Gasteiger partial charge in [-0.15, -0.1) is 9.36 Å². The van der Waals surface area contributed by atoms with E-state index in [9.17, 15) is 8.42 Å². The molecule has 14 nitrogen and oxygen atoms in total. The van der Waals surface area contributed by atoms with E-state index in [0.717, 1.165) is 47.0 Å². The van der Waals surface area contributed by atoms with Gasteiger partial charge < -0.3 is 9.80 Å². The van der Waals surface area contributed by atoms with E-state index in [4.69, 9.17) is 8.37 Å². The number of nitrogens with zero attached hydrogens (tertiary/aromatic N) is 10. The van der Waals surface area contributed by atoms with E-state index in [1.54, 1.807) is 20.4 Å². The maximum Gasteiger partial charge on any atom is 0.429 e. The predicted octanol–water partition coefficient (Wildman–Crippen LogP) is 6.11. The van der Waals surface area contributed by atoms with E-state index in [2.05, 4.69) is 66.4 Å². The molecular formula is C30H42N10O4S3+2. The first-order valence-electron chi connectivity index (χ1n) is 15.3. The van der Waals surface area contributed by atoms with Gasteiger partial charge in [0.25, 0.3) is 0 Å². The van der Waals surface area contributed by atoms with Crippen molar-refractivity contribution in [3.63, 3.8) is 0 Å². The van der Waals surface area contributed by atoms with Gasteiger partial charge in [0, 0.05) is 37.6 Å². The quantitative estimate of drug-likeness (QED) is 0.0687. The molecular weight excluding hydrogens is 661 g/mol. The van der Waals surface area contributed by atoms with Crippen molar-refractivity contribution in [2.24, 2.45) is 34.6 Å². The van der Waals surface area contributed by atoms with E-state index in [1.807, 2.05) is 52.2 Å². The molecule has 2 aromatic heterocycles. The summed E-state index contributed by atoms with van der Waals surface area (Å²) in [4.78, 5) is 4.32. The fourth-order valence-electron chi connectivity index (χ4n) is 4.61. The minimum Gasteiger partial charge on any atom is -0.372 e. The Balaban J connectivity index is 1.19. The minimum absolute atomic E-state index is 0.0290. The Morgan fingerprint density at radius 3 is 1.49 bits per heavy atom. The molecule has 0 aliphatic rings. The molecule has 0 spiro atoms. The first-order chi connectivity index (χ1) is 22.6. The predicted molar refractivity (Wildman–Crippen MR) is 183 cm³/mol. The third kappa shape index (κ3) is 10.6. The molecule has 0 saturated carbocycles. The van der Waals surface area contributed by atoms with Crippen LogP contribution in [-0.4, -0.2) is 58.0 Å². The third-order valence-corrected chi connectivity index (χ3v) is 9.68. The molecule has 0 N–H and O–H groups in total. The first kappa shape index (κ1) is 36.1. The standard InChI is InChI=1S/C30H42N10O4S3/c1-7-39(25-11-13-27(23(3)19-25)33-35-29-37(5)31-21-45-29)15-9-17-43-47(41,42)44-18-10-16-40(8-2)26-12-14-28(24(4)20-26)34-36-30-38(6)32-22-46-30/h11-14,19-22H,7-10,15-18H2,1-6H3/q+2. The molecule has 4 rings (SSSR count). The lowest BCUT2D eigenvalue weighted by molar-refractivity contribution is -0.713. The molecule has 2 heterocycles. The zero-order chi connectivity index (χ0) is 33.8. The zero-order valence-electron chi connectivity index (χ0n) is 27.6. The highest BCUT2D eigenvalue weighted by Gasteiger charge is 2.15. The van der Waals surface area contributed by atoms with Gasteiger partial charge in [-0.2, -0.15) is 8.42 Å². The summed E-state index contributed by atoms with van der Waals surface area (Å²) in [5, 5.41) is 27.0. The Morgan fingerprint density at radius 1 is 0.723 bits per heavy atom. The van der Waals surface area contributed by atoms with Gasteiger partial charge in [-0.05, 0) is 121 Å². The number of azo groups is 2. The van der Waals surface area contributed by atoms with Crippen LogP contribution in [0.4, 0.5) is 33.0 Å². The smallest absolute Gasteiger partial charge is 0.372 e. The summed E-state index contributed by atoms with van der Waals surface area (Å²) in [5.74, 6) is 0. The van der Waals surface area contributed by atoms with Crippen LogP contribution in [0.1, 0.15) is 37.8 Å². The van der Waals surface area contributed by atoms with Crippen LogP contribution < -0.4 is 19.2 Å². The monoisotopic (exact) mass is 702 g/mol. The summed E-state index contributed by atoms with van der Waals surface area (Å²) in [6, 6.07) is 11.9. The normalized spacial score (nSPS) is 12.0. The minimum atomic E-state index is -4.09. The molecule has 0 saturated heterocycles. The van der Waals surface area contributed by atoms with Gasteiger partial charge in [0.1, 0.15) is 36.5 Å². The Bertz CT molecular complexity index is 1650. The summed E-state index contributed by atoms with van der Waals surface area (Å²) < 4.78 is 38.4. The number of benzene rings is 2. The lowest BCUT2D eigenvalue weighted by atomic mass is 10.1. The number of hydrogen-bond acceptors (Lipinski definition) is 14. The maximum absolute atomic E-state index is 12.4. The molecule has 0 radical (unpaired) electrons. The van der Waals surface area contributed by atoms with Crippen LogP contribution in [0.25, 0.3) is 0 Å². The molecule has 0 fully saturated rings. The molecule has 0 unspecified atom stereocenters. The molecule has 0 atom stereocenters. The van der Waals surface area contributed by atoms with Crippen LogP contribution in [0.15, 0.2) is 67.9 Å². The molecule has 47 heavy (non-hydrogen) atoms. The third-order valence-electron chi connectivity index (χ3n) is 7.25. The second-order valence-corrected chi connectivity index (χ2v) is 13.5. The highest BCUT2D eigenvalue weighted by Crippen LogP contribution is 2.28. The van der Waals surface area contributed by atoms with Gasteiger partial charge in [-0.25, -0.2) is 8.37 Å². The van der Waals surface area contributed by atoms with E-state index in [0.29, 0.717) is 36.2 Å². The lowest BCUT2D eigenvalue weighted by Crippen LogP contribution is -2.28. The second-order valence-electron chi connectivity index (χ2n) is 10.6. The molecule has 0 bridgehead atoms. The molecule has 0 aliphatic carbocycles. The summed E-state index contributed by atoms with van der Waals surface area (Å²) in [5.41, 5.74) is 9.00. The lowest BCUT2D eigenvalue weighted by Gasteiger charge is -2.24. The van der Waals surface area contributed by atoms with E-state index < -0.39 is 10.4 Å². The topological polar surface area (TPSA) is 142 Å². The van der Waals surface area contributed by atoms with Gasteiger partial charge in [-0.3, -0.25) is 0 Å². The zero-order valence-corrected chi connectivity index (χ0v) is 30.1. The van der Waals surface area contributed by atoms with Crippen LogP contribution in [0.5, 0.6) is 0 Å². The highest BCUT2D eigenvalue weighted by molar-refractivity contribution is 7.81. The van der Waals surface area contributed by atoms with Crippen LogP contribution >= 0.6 is 22.7 Å². The molecule has 0 amide bonds.